The van der Waals surface area contributed by atoms with Gasteiger partial charge >= 0.3 is 6.18 Å². The zero-order valence-corrected chi connectivity index (χ0v) is 16.5. The van der Waals surface area contributed by atoms with Crippen LogP contribution in [0.4, 0.5) is 18.9 Å². The minimum atomic E-state index is -4.68. The SMILES string of the molecule is Cc1nc2ccc(NC(=O)c3cccc(-n4nc(C(F)(F)F)c(Cl)c4C)c3)cc2o1. The van der Waals surface area contributed by atoms with Crippen molar-refractivity contribution < 1.29 is 22.4 Å². The molecule has 0 saturated heterocycles. The molecule has 2 aromatic heterocycles. The first kappa shape index (κ1) is 20.0. The second-order valence-electron chi connectivity index (χ2n) is 6.58. The van der Waals surface area contributed by atoms with Crippen molar-refractivity contribution in [3.63, 3.8) is 0 Å². The van der Waals surface area contributed by atoms with E-state index in [1.54, 1.807) is 37.3 Å². The minimum absolute atomic E-state index is 0.118. The zero-order valence-electron chi connectivity index (χ0n) is 15.7. The predicted molar refractivity (Wildman–Crippen MR) is 105 cm³/mol. The first-order chi connectivity index (χ1) is 14.1. The number of hydrogen-bond acceptors (Lipinski definition) is 4. The summed E-state index contributed by atoms with van der Waals surface area (Å²) in [7, 11) is 0. The van der Waals surface area contributed by atoms with Crippen molar-refractivity contribution in [1.82, 2.24) is 14.8 Å². The maximum Gasteiger partial charge on any atom is 0.436 e. The number of hydrogen-bond donors (Lipinski definition) is 1. The molecule has 154 valence electrons. The molecule has 30 heavy (non-hydrogen) atoms. The number of amides is 1. The zero-order chi connectivity index (χ0) is 21.6. The van der Waals surface area contributed by atoms with Crippen molar-refractivity contribution in [2.45, 2.75) is 20.0 Å². The number of aryl methyl sites for hydroxylation is 1. The maximum absolute atomic E-state index is 13.1. The van der Waals surface area contributed by atoms with Gasteiger partial charge in [0, 0.05) is 24.2 Å². The molecule has 1 N–H and O–H groups in total. The first-order valence-electron chi connectivity index (χ1n) is 8.75. The molecule has 0 saturated carbocycles. The summed E-state index contributed by atoms with van der Waals surface area (Å²) in [6.07, 6.45) is -4.68. The van der Waals surface area contributed by atoms with Crippen molar-refractivity contribution in [3.8, 4) is 5.69 Å². The van der Waals surface area contributed by atoms with Crippen LogP contribution in [0, 0.1) is 13.8 Å². The van der Waals surface area contributed by atoms with Crippen LogP contribution in [0.25, 0.3) is 16.8 Å². The molecule has 1 amide bonds. The minimum Gasteiger partial charge on any atom is -0.441 e. The number of alkyl halides is 3. The largest absolute Gasteiger partial charge is 0.441 e. The van der Waals surface area contributed by atoms with Gasteiger partial charge in [-0.05, 0) is 37.3 Å². The number of rotatable bonds is 3. The Morgan fingerprint density at radius 2 is 1.93 bits per heavy atom. The number of nitrogens with zero attached hydrogens (tertiary/aromatic N) is 3. The summed E-state index contributed by atoms with van der Waals surface area (Å²) < 4.78 is 45.8. The van der Waals surface area contributed by atoms with Crippen LogP contribution >= 0.6 is 11.6 Å². The molecule has 6 nitrogen and oxygen atoms in total. The summed E-state index contributed by atoms with van der Waals surface area (Å²) in [6.45, 7) is 3.14. The number of nitrogens with one attached hydrogen (secondary N) is 1. The van der Waals surface area contributed by atoms with E-state index in [4.69, 9.17) is 16.0 Å². The molecule has 0 aliphatic heterocycles. The summed E-state index contributed by atoms with van der Waals surface area (Å²) in [5.74, 6) is 0.0621. The quantitative estimate of drug-likeness (QED) is 0.458. The molecule has 0 aliphatic carbocycles. The standard InChI is InChI=1S/C20H14ClF3N4O2/c1-10-17(21)18(20(22,23)24)27-28(10)14-5-3-4-12(8-14)19(29)26-13-6-7-15-16(9-13)30-11(2)25-15/h3-9H,1-2H3,(H,26,29). The molecule has 0 radical (unpaired) electrons. The van der Waals surface area contributed by atoms with Gasteiger partial charge in [-0.15, -0.1) is 0 Å². The average molecular weight is 435 g/mol. The Hall–Kier alpha value is -3.33. The summed E-state index contributed by atoms with van der Waals surface area (Å²) in [6, 6.07) is 11.1. The van der Waals surface area contributed by atoms with E-state index < -0.39 is 22.8 Å². The van der Waals surface area contributed by atoms with Gasteiger partial charge in [0.05, 0.1) is 16.4 Å². The van der Waals surface area contributed by atoms with Crippen LogP contribution in [-0.4, -0.2) is 20.7 Å². The lowest BCUT2D eigenvalue weighted by molar-refractivity contribution is -0.141. The highest BCUT2D eigenvalue weighted by Gasteiger charge is 2.38. The third kappa shape index (κ3) is 3.63. The van der Waals surface area contributed by atoms with Crippen molar-refractivity contribution in [1.29, 1.82) is 0 Å². The third-order valence-electron chi connectivity index (χ3n) is 4.42. The summed E-state index contributed by atoms with van der Waals surface area (Å²) >= 11 is 5.81. The van der Waals surface area contributed by atoms with Gasteiger partial charge in [0.25, 0.3) is 5.91 Å². The summed E-state index contributed by atoms with van der Waals surface area (Å²) in [5, 5.41) is 5.83. The maximum atomic E-state index is 13.1. The van der Waals surface area contributed by atoms with Crippen molar-refractivity contribution >= 4 is 34.3 Å². The van der Waals surface area contributed by atoms with Gasteiger partial charge in [-0.1, -0.05) is 17.7 Å². The second-order valence-corrected chi connectivity index (χ2v) is 6.96. The van der Waals surface area contributed by atoms with Crippen LogP contribution in [0.2, 0.25) is 5.02 Å². The Morgan fingerprint density at radius 1 is 1.17 bits per heavy atom. The fourth-order valence-corrected chi connectivity index (χ4v) is 3.24. The highest BCUT2D eigenvalue weighted by molar-refractivity contribution is 6.32. The Kier molecular flexibility index (Phi) is 4.77. The van der Waals surface area contributed by atoms with Crippen LogP contribution in [0.15, 0.2) is 46.9 Å². The third-order valence-corrected chi connectivity index (χ3v) is 4.87. The predicted octanol–water partition coefficient (Wildman–Crippen LogP) is 5.55. The molecule has 2 aromatic carbocycles. The van der Waals surface area contributed by atoms with E-state index in [1.165, 1.54) is 19.1 Å². The number of fused-ring (bicyclic) bond motifs is 1. The Balaban J connectivity index is 1.63. The van der Waals surface area contributed by atoms with E-state index in [0.717, 1.165) is 4.68 Å². The number of anilines is 1. The van der Waals surface area contributed by atoms with Crippen molar-refractivity contribution in [2.75, 3.05) is 5.32 Å². The van der Waals surface area contributed by atoms with Crippen LogP contribution < -0.4 is 5.32 Å². The fraction of sp³-hybridized carbons (Fsp3) is 0.150. The number of oxazole rings is 1. The van der Waals surface area contributed by atoms with Gasteiger partial charge in [-0.3, -0.25) is 4.79 Å². The first-order valence-corrected chi connectivity index (χ1v) is 9.12. The molecule has 0 atom stereocenters. The lowest BCUT2D eigenvalue weighted by Crippen LogP contribution is -2.13. The van der Waals surface area contributed by atoms with Gasteiger partial charge in [0.15, 0.2) is 17.2 Å². The van der Waals surface area contributed by atoms with Gasteiger partial charge in [-0.25, -0.2) is 9.67 Å². The van der Waals surface area contributed by atoms with E-state index in [0.29, 0.717) is 22.7 Å². The lowest BCUT2D eigenvalue weighted by Gasteiger charge is -2.08. The van der Waals surface area contributed by atoms with Crippen LogP contribution in [0.5, 0.6) is 0 Å². The van der Waals surface area contributed by atoms with Gasteiger partial charge < -0.3 is 9.73 Å². The fourth-order valence-electron chi connectivity index (χ4n) is 3.02. The van der Waals surface area contributed by atoms with Gasteiger partial charge in [0.1, 0.15) is 5.52 Å². The molecule has 0 unspecified atom stereocenters. The highest BCUT2D eigenvalue weighted by atomic mass is 35.5. The Bertz CT molecular complexity index is 1280. The Morgan fingerprint density at radius 3 is 2.63 bits per heavy atom. The molecule has 4 aromatic rings. The topological polar surface area (TPSA) is 73.0 Å². The van der Waals surface area contributed by atoms with Crippen molar-refractivity contribution in [3.05, 3.63) is 70.3 Å². The second kappa shape index (κ2) is 7.17. The van der Waals surface area contributed by atoms with E-state index in [2.05, 4.69) is 15.4 Å². The number of carbonyl (C=O) groups excluding carboxylic acids is 1. The number of benzene rings is 2. The summed E-state index contributed by atoms with van der Waals surface area (Å²) in [4.78, 5) is 16.9. The van der Waals surface area contributed by atoms with E-state index in [9.17, 15) is 18.0 Å². The molecular formula is C20H14ClF3N4O2. The molecule has 10 heteroatoms. The molecule has 0 bridgehead atoms. The van der Waals surface area contributed by atoms with Crippen LogP contribution in [0.3, 0.4) is 0 Å². The number of halogens is 4. The van der Waals surface area contributed by atoms with E-state index in [1.807, 2.05) is 0 Å². The lowest BCUT2D eigenvalue weighted by atomic mass is 10.1. The normalized spacial score (nSPS) is 11.8. The molecule has 4 rings (SSSR count). The number of carbonyl (C=O) groups is 1. The smallest absolute Gasteiger partial charge is 0.436 e. The average Bonchev–Trinajstić information content (AvgIpc) is 3.20. The van der Waals surface area contributed by atoms with Crippen LogP contribution in [0.1, 0.15) is 27.6 Å². The number of aromatic nitrogens is 3. The van der Waals surface area contributed by atoms with E-state index in [-0.39, 0.29) is 16.9 Å². The van der Waals surface area contributed by atoms with Gasteiger partial charge in [-0.2, -0.15) is 18.3 Å². The van der Waals surface area contributed by atoms with E-state index >= 15 is 0 Å². The van der Waals surface area contributed by atoms with Crippen LogP contribution in [-0.2, 0) is 6.18 Å². The summed E-state index contributed by atoms with van der Waals surface area (Å²) in [5.41, 5.74) is 1.14. The highest BCUT2D eigenvalue weighted by Crippen LogP contribution is 2.36. The molecule has 0 fully saturated rings. The van der Waals surface area contributed by atoms with Crippen molar-refractivity contribution in [2.24, 2.45) is 0 Å². The molecule has 0 aliphatic rings. The monoisotopic (exact) mass is 434 g/mol. The van der Waals surface area contributed by atoms with Gasteiger partial charge in [0.2, 0.25) is 0 Å². The molecule has 2 heterocycles. The Labute approximate surface area is 173 Å². The molecule has 0 spiro atoms. The molecular weight excluding hydrogens is 421 g/mol.